The molecule has 0 bridgehead atoms. The van der Waals surface area contributed by atoms with Gasteiger partial charge in [-0.1, -0.05) is 6.07 Å². The van der Waals surface area contributed by atoms with Crippen molar-refractivity contribution in [2.24, 2.45) is 5.73 Å². The second-order valence-electron chi connectivity index (χ2n) is 2.26. The lowest BCUT2D eigenvalue weighted by molar-refractivity contribution is -0.117. The van der Waals surface area contributed by atoms with Gasteiger partial charge < -0.3 is 5.73 Å². The maximum absolute atomic E-state index is 10.4. The minimum absolute atomic E-state index is 0.280. The second-order valence-corrected chi connectivity index (χ2v) is 2.26. The zero-order valence-electron chi connectivity index (χ0n) is 6.08. The lowest BCUT2D eigenvalue weighted by atomic mass is 10.1. The molecule has 1 aromatic heterocycles. The molecule has 3 heteroatoms. The number of primary amides is 1. The van der Waals surface area contributed by atoms with Crippen LogP contribution in [0.1, 0.15) is 12.0 Å². The fourth-order valence-electron chi connectivity index (χ4n) is 0.766. The van der Waals surface area contributed by atoms with Crippen molar-refractivity contribution < 1.29 is 4.79 Å². The van der Waals surface area contributed by atoms with Gasteiger partial charge in [0.2, 0.25) is 5.91 Å². The van der Waals surface area contributed by atoms with Crippen LogP contribution in [0, 0.1) is 6.20 Å². The zero-order valence-corrected chi connectivity index (χ0v) is 6.08. The zero-order chi connectivity index (χ0) is 8.10. The van der Waals surface area contributed by atoms with Gasteiger partial charge in [-0.15, -0.1) is 0 Å². The molecule has 0 atom stereocenters. The predicted octanol–water partition coefficient (Wildman–Crippen LogP) is 0.300. The van der Waals surface area contributed by atoms with Gasteiger partial charge in [-0.05, 0) is 18.1 Å². The van der Waals surface area contributed by atoms with Crippen LogP contribution in [0.3, 0.4) is 0 Å². The van der Waals surface area contributed by atoms with Crippen LogP contribution in [-0.2, 0) is 11.2 Å². The number of nitrogens with two attached hydrogens (primary N) is 1. The lowest BCUT2D eigenvalue weighted by Crippen LogP contribution is -2.11. The average molecular weight is 149 g/mol. The van der Waals surface area contributed by atoms with Crippen molar-refractivity contribution in [1.82, 2.24) is 4.98 Å². The molecule has 0 spiro atoms. The Bertz CT molecular complexity index is 233. The number of rotatable bonds is 3. The van der Waals surface area contributed by atoms with Gasteiger partial charge in [-0.2, -0.15) is 0 Å². The number of pyridine rings is 1. The Kier molecular flexibility index (Phi) is 2.60. The summed E-state index contributed by atoms with van der Waals surface area (Å²) in [5.41, 5.74) is 5.99. The van der Waals surface area contributed by atoms with Crippen LogP contribution in [0.15, 0.2) is 18.3 Å². The molecule has 1 heterocycles. The number of hydrogen-bond acceptors (Lipinski definition) is 2. The van der Waals surface area contributed by atoms with Crippen LogP contribution < -0.4 is 5.73 Å². The molecule has 57 valence electrons. The largest absolute Gasteiger partial charge is 0.370 e. The van der Waals surface area contributed by atoms with Crippen molar-refractivity contribution in [2.45, 2.75) is 12.8 Å². The standard InChI is InChI=1S/C8H9N2O/c9-8(11)4-3-7-2-1-5-10-6-7/h1-2,6H,3-4H2,(H2,9,11). The molecular weight excluding hydrogens is 140 g/mol. The Morgan fingerprint density at radius 3 is 3.09 bits per heavy atom. The van der Waals surface area contributed by atoms with Crippen LogP contribution >= 0.6 is 0 Å². The first-order valence-corrected chi connectivity index (χ1v) is 3.38. The van der Waals surface area contributed by atoms with Crippen molar-refractivity contribution in [3.8, 4) is 0 Å². The monoisotopic (exact) mass is 149 g/mol. The van der Waals surface area contributed by atoms with Crippen LogP contribution in [-0.4, -0.2) is 10.9 Å². The summed E-state index contributed by atoms with van der Waals surface area (Å²) >= 11 is 0. The van der Waals surface area contributed by atoms with Gasteiger partial charge in [-0.3, -0.25) is 9.78 Å². The molecule has 1 amide bonds. The molecule has 0 saturated heterocycles. The Labute approximate surface area is 65.2 Å². The van der Waals surface area contributed by atoms with Gasteiger partial charge >= 0.3 is 0 Å². The van der Waals surface area contributed by atoms with E-state index in [-0.39, 0.29) is 5.91 Å². The van der Waals surface area contributed by atoms with Crippen LogP contribution in [0.4, 0.5) is 0 Å². The van der Waals surface area contributed by atoms with E-state index < -0.39 is 0 Å². The van der Waals surface area contributed by atoms with Gasteiger partial charge in [0.05, 0.1) is 6.20 Å². The second kappa shape index (κ2) is 3.71. The minimum atomic E-state index is -0.280. The van der Waals surface area contributed by atoms with Gasteiger partial charge in [0.15, 0.2) is 0 Å². The highest BCUT2D eigenvalue weighted by molar-refractivity contribution is 5.73. The first-order valence-electron chi connectivity index (χ1n) is 3.38. The number of carbonyl (C=O) groups is 1. The number of nitrogens with zero attached hydrogens (tertiary/aromatic N) is 1. The molecule has 0 aliphatic heterocycles. The molecule has 0 aromatic carbocycles. The quantitative estimate of drug-likeness (QED) is 0.672. The summed E-state index contributed by atoms with van der Waals surface area (Å²) in [4.78, 5) is 14.2. The molecule has 3 nitrogen and oxygen atoms in total. The summed E-state index contributed by atoms with van der Waals surface area (Å²) in [6, 6.07) is 3.59. The third-order valence-electron chi connectivity index (χ3n) is 1.34. The fourth-order valence-corrected chi connectivity index (χ4v) is 0.766. The van der Waals surface area contributed by atoms with E-state index >= 15 is 0 Å². The third-order valence-corrected chi connectivity index (χ3v) is 1.34. The summed E-state index contributed by atoms with van der Waals surface area (Å²) in [6.07, 6.45) is 5.38. The molecule has 11 heavy (non-hydrogen) atoms. The summed E-state index contributed by atoms with van der Waals surface area (Å²) in [7, 11) is 0. The van der Waals surface area contributed by atoms with Crippen molar-refractivity contribution in [1.29, 1.82) is 0 Å². The first kappa shape index (κ1) is 7.72. The van der Waals surface area contributed by atoms with Crippen molar-refractivity contribution in [3.63, 3.8) is 0 Å². The lowest BCUT2D eigenvalue weighted by Gasteiger charge is -1.95. The Hall–Kier alpha value is -1.38. The molecule has 1 rings (SSSR count). The molecule has 0 unspecified atom stereocenters. The first-order chi connectivity index (χ1) is 5.29. The Morgan fingerprint density at radius 2 is 2.55 bits per heavy atom. The summed E-state index contributed by atoms with van der Waals surface area (Å²) in [5.74, 6) is -0.280. The summed E-state index contributed by atoms with van der Waals surface area (Å²) < 4.78 is 0. The summed E-state index contributed by atoms with van der Waals surface area (Å²) in [5, 5.41) is 0. The number of amides is 1. The molecule has 0 aliphatic rings. The highest BCUT2D eigenvalue weighted by Crippen LogP contribution is 1.98. The topological polar surface area (TPSA) is 56.0 Å². The molecule has 0 saturated carbocycles. The van der Waals surface area contributed by atoms with Gasteiger partial charge in [0, 0.05) is 12.6 Å². The van der Waals surface area contributed by atoms with E-state index in [2.05, 4.69) is 11.2 Å². The molecule has 1 aromatic rings. The number of aryl methyl sites for hydroxylation is 1. The number of aromatic nitrogens is 1. The molecule has 0 aliphatic carbocycles. The van der Waals surface area contributed by atoms with E-state index in [4.69, 9.17) is 5.73 Å². The maximum Gasteiger partial charge on any atom is 0.217 e. The van der Waals surface area contributed by atoms with E-state index in [1.54, 1.807) is 12.3 Å². The van der Waals surface area contributed by atoms with Gasteiger partial charge in [0.25, 0.3) is 0 Å². The van der Waals surface area contributed by atoms with E-state index in [0.717, 1.165) is 5.56 Å². The fraction of sp³-hybridized carbons (Fsp3) is 0.250. The smallest absolute Gasteiger partial charge is 0.217 e. The highest BCUT2D eigenvalue weighted by atomic mass is 16.1. The van der Waals surface area contributed by atoms with E-state index in [0.29, 0.717) is 12.8 Å². The molecule has 2 N–H and O–H groups in total. The molecule has 1 radical (unpaired) electrons. The molecule has 0 fully saturated rings. The van der Waals surface area contributed by atoms with Gasteiger partial charge in [0.1, 0.15) is 0 Å². The number of hydrogen-bond donors (Lipinski definition) is 1. The van der Waals surface area contributed by atoms with Crippen molar-refractivity contribution in [2.75, 3.05) is 0 Å². The SMILES string of the molecule is NC(=O)CCc1cc[c]nc1. The minimum Gasteiger partial charge on any atom is -0.370 e. The van der Waals surface area contributed by atoms with Crippen molar-refractivity contribution >= 4 is 5.91 Å². The summed E-state index contributed by atoms with van der Waals surface area (Å²) in [6.45, 7) is 0. The van der Waals surface area contributed by atoms with Gasteiger partial charge in [-0.25, -0.2) is 0 Å². The maximum atomic E-state index is 10.4. The normalized spacial score (nSPS) is 9.45. The van der Waals surface area contributed by atoms with Crippen LogP contribution in [0.5, 0.6) is 0 Å². The Balaban J connectivity index is 2.45. The van der Waals surface area contributed by atoms with E-state index in [9.17, 15) is 4.79 Å². The van der Waals surface area contributed by atoms with E-state index in [1.807, 2.05) is 6.07 Å². The Morgan fingerprint density at radius 1 is 1.73 bits per heavy atom. The predicted molar refractivity (Wildman–Crippen MR) is 40.6 cm³/mol. The van der Waals surface area contributed by atoms with Crippen molar-refractivity contribution in [3.05, 3.63) is 30.1 Å². The van der Waals surface area contributed by atoms with E-state index in [1.165, 1.54) is 0 Å². The third kappa shape index (κ3) is 2.80. The van der Waals surface area contributed by atoms with Crippen LogP contribution in [0.25, 0.3) is 0 Å². The highest BCUT2D eigenvalue weighted by Gasteiger charge is 1.95. The molecular formula is C8H9N2O. The average Bonchev–Trinajstić information content (AvgIpc) is 2.03. The van der Waals surface area contributed by atoms with Crippen LogP contribution in [0.2, 0.25) is 0 Å². The number of carbonyl (C=O) groups excluding carboxylic acids is 1.